The van der Waals surface area contributed by atoms with Gasteiger partial charge in [0, 0.05) is 34.1 Å². The summed E-state index contributed by atoms with van der Waals surface area (Å²) in [6.45, 7) is 13.4. The van der Waals surface area contributed by atoms with Crippen molar-refractivity contribution in [3.63, 3.8) is 0 Å². The van der Waals surface area contributed by atoms with E-state index in [0.29, 0.717) is 0 Å². The molecule has 3 heteroatoms. The topological polar surface area (TPSA) is 6.48 Å². The fourth-order valence-electron chi connectivity index (χ4n) is 5.89. The summed E-state index contributed by atoms with van der Waals surface area (Å²) in [5.41, 5.74) is 12.0. The van der Waals surface area contributed by atoms with Crippen LogP contribution < -0.4 is 20.2 Å². The summed E-state index contributed by atoms with van der Waals surface area (Å²) in [6, 6.07) is 53.7. The standard InChI is InChI=1S/C42H42N2Si/c1-31-7-15-35(16-8-31)43(36-17-9-32(2)10-18-36)39-23-27-41(28-24-39)45(5,6)42-29-25-40(26-30-42)44(37-19-11-33(3)12-20-37)38-21-13-34(4)14-22-38/h7-30H,1-6H3. The van der Waals surface area contributed by atoms with Crippen LogP contribution in [0.3, 0.4) is 0 Å². The van der Waals surface area contributed by atoms with Gasteiger partial charge in [0.05, 0.1) is 0 Å². The second-order valence-electron chi connectivity index (χ2n) is 12.7. The maximum Gasteiger partial charge on any atom is 0.112 e. The zero-order valence-corrected chi connectivity index (χ0v) is 28.3. The van der Waals surface area contributed by atoms with Crippen molar-refractivity contribution in [2.75, 3.05) is 9.80 Å². The van der Waals surface area contributed by atoms with Crippen molar-refractivity contribution in [2.24, 2.45) is 0 Å². The molecule has 0 aromatic heterocycles. The number of benzene rings is 6. The third kappa shape index (κ3) is 6.50. The van der Waals surface area contributed by atoms with Gasteiger partial charge in [-0.3, -0.25) is 0 Å². The number of anilines is 6. The smallest absolute Gasteiger partial charge is 0.112 e. The fraction of sp³-hybridized carbons (Fsp3) is 0.143. The Morgan fingerprint density at radius 1 is 0.289 bits per heavy atom. The first-order valence-electron chi connectivity index (χ1n) is 15.8. The van der Waals surface area contributed by atoms with Crippen LogP contribution in [0.15, 0.2) is 146 Å². The molecule has 0 aliphatic rings. The van der Waals surface area contributed by atoms with E-state index in [1.165, 1.54) is 44.0 Å². The van der Waals surface area contributed by atoms with Crippen LogP contribution in [-0.2, 0) is 0 Å². The summed E-state index contributed by atoms with van der Waals surface area (Å²) in [5, 5.41) is 2.83. The van der Waals surface area contributed by atoms with Crippen LogP contribution >= 0.6 is 0 Å². The quantitative estimate of drug-likeness (QED) is 0.160. The van der Waals surface area contributed by atoms with Crippen LogP contribution in [0.1, 0.15) is 22.3 Å². The molecule has 6 rings (SSSR count). The molecule has 0 heterocycles. The average molecular weight is 603 g/mol. The van der Waals surface area contributed by atoms with Gasteiger partial charge in [-0.2, -0.15) is 0 Å². The van der Waals surface area contributed by atoms with Gasteiger partial charge in [0.1, 0.15) is 8.07 Å². The van der Waals surface area contributed by atoms with Crippen LogP contribution in [0, 0.1) is 27.7 Å². The molecular formula is C42H42N2Si. The van der Waals surface area contributed by atoms with Crippen molar-refractivity contribution in [1.29, 1.82) is 0 Å². The molecule has 0 spiro atoms. The van der Waals surface area contributed by atoms with Crippen molar-refractivity contribution in [3.05, 3.63) is 168 Å². The molecule has 224 valence electrons. The van der Waals surface area contributed by atoms with Crippen LogP contribution in [0.5, 0.6) is 0 Å². The van der Waals surface area contributed by atoms with Gasteiger partial charge >= 0.3 is 0 Å². The van der Waals surface area contributed by atoms with Crippen LogP contribution in [0.4, 0.5) is 34.1 Å². The SMILES string of the molecule is Cc1ccc(N(c2ccc(C)cc2)c2ccc([Si](C)(C)c3ccc(N(c4ccc(C)cc4)c4ccc(C)cc4)cc3)cc2)cc1. The lowest BCUT2D eigenvalue weighted by molar-refractivity contribution is 1.27. The molecule has 45 heavy (non-hydrogen) atoms. The predicted molar refractivity (Wildman–Crippen MR) is 198 cm³/mol. The number of nitrogens with zero attached hydrogens (tertiary/aromatic N) is 2. The first kappa shape index (κ1) is 30.2. The minimum atomic E-state index is -1.95. The second-order valence-corrected chi connectivity index (χ2v) is 17.1. The number of hydrogen-bond donors (Lipinski definition) is 0. The summed E-state index contributed by atoms with van der Waals surface area (Å²) in [7, 11) is -1.95. The number of rotatable bonds is 8. The molecule has 0 unspecified atom stereocenters. The Morgan fingerprint density at radius 3 is 0.667 bits per heavy atom. The zero-order valence-electron chi connectivity index (χ0n) is 27.3. The monoisotopic (exact) mass is 602 g/mol. The number of aryl methyl sites for hydroxylation is 4. The third-order valence-electron chi connectivity index (χ3n) is 8.86. The Hall–Kier alpha value is -4.86. The lowest BCUT2D eigenvalue weighted by atomic mass is 10.1. The van der Waals surface area contributed by atoms with E-state index < -0.39 is 8.07 Å². The minimum absolute atomic E-state index is 1.16. The Morgan fingerprint density at radius 2 is 0.467 bits per heavy atom. The first-order chi connectivity index (χ1) is 21.7. The second kappa shape index (κ2) is 12.6. The average Bonchev–Trinajstić information content (AvgIpc) is 3.05. The van der Waals surface area contributed by atoms with Crippen molar-refractivity contribution < 1.29 is 0 Å². The van der Waals surface area contributed by atoms with E-state index in [1.807, 2.05) is 0 Å². The fourth-order valence-corrected chi connectivity index (χ4v) is 8.22. The highest BCUT2D eigenvalue weighted by atomic mass is 28.3. The summed E-state index contributed by atoms with van der Waals surface area (Å²) in [5.74, 6) is 0. The lowest BCUT2D eigenvalue weighted by Gasteiger charge is -2.29. The number of hydrogen-bond acceptors (Lipinski definition) is 2. The molecule has 0 amide bonds. The van der Waals surface area contributed by atoms with E-state index in [0.717, 1.165) is 22.7 Å². The molecule has 6 aromatic carbocycles. The summed E-state index contributed by atoms with van der Waals surface area (Å²) >= 11 is 0. The Kier molecular flexibility index (Phi) is 8.47. The Labute approximate surface area is 270 Å². The molecule has 0 N–H and O–H groups in total. The molecule has 0 fully saturated rings. The molecule has 0 radical (unpaired) electrons. The normalized spacial score (nSPS) is 11.3. The van der Waals surface area contributed by atoms with E-state index in [9.17, 15) is 0 Å². The van der Waals surface area contributed by atoms with Gasteiger partial charge in [-0.1, -0.05) is 119 Å². The van der Waals surface area contributed by atoms with Crippen molar-refractivity contribution in [3.8, 4) is 0 Å². The first-order valence-corrected chi connectivity index (χ1v) is 18.8. The van der Waals surface area contributed by atoms with Gasteiger partial charge in [-0.25, -0.2) is 0 Å². The minimum Gasteiger partial charge on any atom is -0.311 e. The summed E-state index contributed by atoms with van der Waals surface area (Å²) < 4.78 is 0. The van der Waals surface area contributed by atoms with E-state index in [-0.39, 0.29) is 0 Å². The molecule has 6 aromatic rings. The van der Waals surface area contributed by atoms with E-state index in [2.05, 4.69) is 196 Å². The highest BCUT2D eigenvalue weighted by molar-refractivity contribution is 7.00. The molecule has 0 bridgehead atoms. The van der Waals surface area contributed by atoms with E-state index >= 15 is 0 Å². The van der Waals surface area contributed by atoms with E-state index in [1.54, 1.807) is 0 Å². The van der Waals surface area contributed by atoms with Crippen LogP contribution in [0.25, 0.3) is 0 Å². The molecule has 0 saturated heterocycles. The summed E-state index contributed by atoms with van der Waals surface area (Å²) in [6.07, 6.45) is 0. The molecule has 0 saturated carbocycles. The zero-order chi connectivity index (χ0) is 31.6. The maximum atomic E-state index is 2.45. The largest absolute Gasteiger partial charge is 0.311 e. The van der Waals surface area contributed by atoms with Gasteiger partial charge in [0.2, 0.25) is 0 Å². The molecular weight excluding hydrogens is 561 g/mol. The van der Waals surface area contributed by atoms with Crippen molar-refractivity contribution in [2.45, 2.75) is 40.8 Å². The van der Waals surface area contributed by atoms with Gasteiger partial charge < -0.3 is 9.80 Å². The highest BCUT2D eigenvalue weighted by Crippen LogP contribution is 2.36. The predicted octanol–water partition coefficient (Wildman–Crippen LogP) is 10.7. The van der Waals surface area contributed by atoms with Gasteiger partial charge in [-0.05, 0) is 100 Å². The van der Waals surface area contributed by atoms with Crippen LogP contribution in [0.2, 0.25) is 13.1 Å². The van der Waals surface area contributed by atoms with Crippen molar-refractivity contribution >= 4 is 52.6 Å². The van der Waals surface area contributed by atoms with Gasteiger partial charge in [-0.15, -0.1) is 0 Å². The summed E-state index contributed by atoms with van der Waals surface area (Å²) in [4.78, 5) is 4.69. The van der Waals surface area contributed by atoms with Gasteiger partial charge in [0.25, 0.3) is 0 Å². The third-order valence-corrected chi connectivity index (χ3v) is 12.4. The maximum absolute atomic E-state index is 2.45. The Bertz CT molecular complexity index is 1620. The highest BCUT2D eigenvalue weighted by Gasteiger charge is 2.27. The molecule has 2 nitrogen and oxygen atoms in total. The van der Waals surface area contributed by atoms with Crippen LogP contribution in [-0.4, -0.2) is 8.07 Å². The van der Waals surface area contributed by atoms with E-state index in [4.69, 9.17) is 0 Å². The van der Waals surface area contributed by atoms with Crippen molar-refractivity contribution in [1.82, 2.24) is 0 Å². The molecule has 0 aliphatic heterocycles. The van der Waals surface area contributed by atoms with Gasteiger partial charge in [0.15, 0.2) is 0 Å². The lowest BCUT2D eigenvalue weighted by Crippen LogP contribution is -2.52. The molecule has 0 atom stereocenters. The molecule has 0 aliphatic carbocycles. The Balaban J connectivity index is 1.31.